The molecule has 1 heterocycles. The van der Waals surface area contributed by atoms with E-state index in [9.17, 15) is 19.2 Å². The van der Waals surface area contributed by atoms with Crippen LogP contribution < -0.4 is 0 Å². The van der Waals surface area contributed by atoms with Crippen molar-refractivity contribution in [2.24, 2.45) is 5.41 Å². The van der Waals surface area contributed by atoms with Gasteiger partial charge in [0.05, 0.1) is 31.8 Å². The van der Waals surface area contributed by atoms with Gasteiger partial charge in [-0.3, -0.25) is 19.2 Å². The van der Waals surface area contributed by atoms with Crippen LogP contribution in [0.3, 0.4) is 0 Å². The average molecular weight is 681 g/mol. The Kier molecular flexibility index (Phi) is 24.5. The van der Waals surface area contributed by atoms with Crippen LogP contribution in [0.5, 0.6) is 0 Å². The van der Waals surface area contributed by atoms with Gasteiger partial charge in [-0.25, -0.2) is 0 Å². The number of hydrogen-bond donors (Lipinski definition) is 0. The molecule has 0 atom stereocenters. The first-order valence-corrected chi connectivity index (χ1v) is 18.3. The summed E-state index contributed by atoms with van der Waals surface area (Å²) in [4.78, 5) is 48.9. The van der Waals surface area contributed by atoms with Crippen molar-refractivity contribution in [2.75, 3.05) is 39.6 Å². The Morgan fingerprint density at radius 2 is 0.875 bits per heavy atom. The smallest absolute Gasteiger partial charge is 0.305 e. The highest BCUT2D eigenvalue weighted by Gasteiger charge is 2.42. The van der Waals surface area contributed by atoms with Crippen LogP contribution in [0.4, 0.5) is 0 Å². The summed E-state index contributed by atoms with van der Waals surface area (Å²) in [6, 6.07) is 0. The van der Waals surface area contributed by atoms with E-state index in [1.54, 1.807) is 13.8 Å². The second-order valence-electron chi connectivity index (χ2n) is 13.2. The number of ether oxygens (including phenoxy) is 6. The zero-order chi connectivity index (χ0) is 35.4. The molecule has 1 aliphatic rings. The second-order valence-corrected chi connectivity index (χ2v) is 13.2. The van der Waals surface area contributed by atoms with Gasteiger partial charge in [0.15, 0.2) is 5.79 Å². The van der Waals surface area contributed by atoms with Crippen molar-refractivity contribution in [1.29, 1.82) is 0 Å². The summed E-state index contributed by atoms with van der Waals surface area (Å²) in [5.41, 5.74) is -0.830. The van der Waals surface area contributed by atoms with Gasteiger partial charge >= 0.3 is 23.9 Å². The van der Waals surface area contributed by atoms with Crippen molar-refractivity contribution in [1.82, 2.24) is 0 Å². The average Bonchev–Trinajstić information content (AvgIpc) is 3.06. The first-order chi connectivity index (χ1) is 23.1. The largest absolute Gasteiger partial charge is 0.465 e. The molecule has 0 radical (unpaired) electrons. The Balaban J connectivity index is 2.27. The van der Waals surface area contributed by atoms with Crippen LogP contribution in [0, 0.1) is 5.41 Å². The number of hydrogen-bond acceptors (Lipinski definition) is 10. The highest BCUT2D eigenvalue weighted by Crippen LogP contribution is 2.31. The summed E-state index contributed by atoms with van der Waals surface area (Å²) in [6.45, 7) is 9.01. The first kappa shape index (κ1) is 43.3. The summed E-state index contributed by atoms with van der Waals surface area (Å²) in [5, 5.41) is 0. The molecule has 0 spiro atoms. The fraction of sp³-hybridized carbons (Fsp3) is 0.789. The lowest BCUT2D eigenvalue weighted by Crippen LogP contribution is -2.51. The van der Waals surface area contributed by atoms with E-state index in [1.807, 2.05) is 12.2 Å². The molecule has 10 nitrogen and oxygen atoms in total. The maximum atomic E-state index is 12.5. The topological polar surface area (TPSA) is 124 Å². The maximum absolute atomic E-state index is 12.5. The fourth-order valence-electron chi connectivity index (χ4n) is 4.76. The lowest BCUT2D eigenvalue weighted by molar-refractivity contribution is -0.296. The predicted molar refractivity (Wildman–Crippen MR) is 185 cm³/mol. The first-order valence-electron chi connectivity index (χ1n) is 18.3. The molecule has 0 aliphatic carbocycles. The molecular weight excluding hydrogens is 616 g/mol. The Labute approximate surface area is 289 Å². The van der Waals surface area contributed by atoms with Crippen LogP contribution >= 0.6 is 0 Å². The molecule has 0 amide bonds. The summed E-state index contributed by atoms with van der Waals surface area (Å²) >= 11 is 0. The Bertz CT molecular complexity index is 881. The van der Waals surface area contributed by atoms with E-state index < -0.39 is 23.1 Å². The summed E-state index contributed by atoms with van der Waals surface area (Å²) in [5.74, 6) is -2.13. The molecule has 48 heavy (non-hydrogen) atoms. The molecule has 0 saturated carbocycles. The van der Waals surface area contributed by atoms with Gasteiger partial charge < -0.3 is 28.4 Å². The number of esters is 4. The zero-order valence-electron chi connectivity index (χ0n) is 30.4. The van der Waals surface area contributed by atoms with Crippen LogP contribution in [0.1, 0.15) is 143 Å². The molecule has 0 bridgehead atoms. The predicted octanol–water partition coefficient (Wildman–Crippen LogP) is 8.10. The Morgan fingerprint density at radius 1 is 0.521 bits per heavy atom. The number of unbranched alkanes of at least 4 members (excludes halogenated alkanes) is 8. The summed E-state index contributed by atoms with van der Waals surface area (Å²) in [7, 11) is 0. The van der Waals surface area contributed by atoms with Gasteiger partial charge in [-0.05, 0) is 78.1 Å². The molecule has 0 aromatic heterocycles. The van der Waals surface area contributed by atoms with Gasteiger partial charge in [-0.15, -0.1) is 0 Å². The maximum Gasteiger partial charge on any atom is 0.305 e. The Hall–Kier alpha value is -2.72. The van der Waals surface area contributed by atoms with Gasteiger partial charge in [-0.1, -0.05) is 63.8 Å². The van der Waals surface area contributed by atoms with E-state index >= 15 is 0 Å². The summed E-state index contributed by atoms with van der Waals surface area (Å²) < 4.78 is 33.2. The highest BCUT2D eigenvalue weighted by molar-refractivity contribution is 5.71. The molecule has 1 saturated heterocycles. The summed E-state index contributed by atoms with van der Waals surface area (Å²) in [6.07, 6.45) is 22.0. The molecular formula is C38H64O10. The number of carbonyl (C=O) groups excluding carboxylic acids is 4. The quantitative estimate of drug-likeness (QED) is 0.0346. The van der Waals surface area contributed by atoms with Crippen molar-refractivity contribution in [3.8, 4) is 0 Å². The molecule has 0 N–H and O–H groups in total. The SMILES string of the molecule is CCCCC/C=C\CCOC(=O)CCCCC(=O)OCC1(COC(=O)CCCCC(=O)OCC/C=C\CCCCC)COC(C)(C)OC1. The fourth-order valence-corrected chi connectivity index (χ4v) is 4.76. The molecule has 0 aromatic carbocycles. The van der Waals surface area contributed by atoms with Crippen LogP contribution in [0.15, 0.2) is 24.3 Å². The van der Waals surface area contributed by atoms with E-state index in [-0.39, 0.29) is 64.0 Å². The van der Waals surface area contributed by atoms with Crippen LogP contribution in [0.2, 0.25) is 0 Å². The van der Waals surface area contributed by atoms with Crippen molar-refractivity contribution in [2.45, 2.75) is 149 Å². The van der Waals surface area contributed by atoms with Gasteiger partial charge in [0.1, 0.15) is 13.2 Å². The third kappa shape index (κ3) is 23.6. The second kappa shape index (κ2) is 27.1. The van der Waals surface area contributed by atoms with Crippen molar-refractivity contribution in [3.63, 3.8) is 0 Å². The van der Waals surface area contributed by atoms with Crippen LogP contribution in [-0.2, 0) is 47.6 Å². The lowest BCUT2D eigenvalue weighted by Gasteiger charge is -2.42. The molecule has 10 heteroatoms. The lowest BCUT2D eigenvalue weighted by atomic mass is 9.91. The molecule has 0 aromatic rings. The van der Waals surface area contributed by atoms with Gasteiger partial charge in [0.2, 0.25) is 0 Å². The van der Waals surface area contributed by atoms with Crippen molar-refractivity contribution >= 4 is 23.9 Å². The van der Waals surface area contributed by atoms with Gasteiger partial charge in [0, 0.05) is 25.7 Å². The van der Waals surface area contributed by atoms with Crippen LogP contribution in [0.25, 0.3) is 0 Å². The van der Waals surface area contributed by atoms with E-state index in [2.05, 4.69) is 26.0 Å². The van der Waals surface area contributed by atoms with E-state index in [4.69, 9.17) is 28.4 Å². The van der Waals surface area contributed by atoms with Crippen molar-refractivity contribution < 1.29 is 47.6 Å². The monoisotopic (exact) mass is 680 g/mol. The van der Waals surface area contributed by atoms with Crippen LogP contribution in [-0.4, -0.2) is 69.3 Å². The van der Waals surface area contributed by atoms with Gasteiger partial charge in [0.25, 0.3) is 0 Å². The number of allylic oxidation sites excluding steroid dienone is 2. The molecule has 0 unspecified atom stereocenters. The zero-order valence-corrected chi connectivity index (χ0v) is 30.4. The third-order valence-electron chi connectivity index (χ3n) is 7.93. The van der Waals surface area contributed by atoms with E-state index in [0.29, 0.717) is 51.7 Å². The molecule has 1 fully saturated rings. The highest BCUT2D eigenvalue weighted by atomic mass is 16.7. The van der Waals surface area contributed by atoms with Crippen molar-refractivity contribution in [3.05, 3.63) is 24.3 Å². The van der Waals surface area contributed by atoms with Gasteiger partial charge in [-0.2, -0.15) is 0 Å². The standard InChI is InChI=1S/C38H64O10/c1-5-7-9-11-13-15-21-27-43-33(39)23-17-19-25-35(41)45-29-38(31-47-37(3,4)48-32-38)30-46-36(42)26-20-18-24-34(40)44-28-22-16-14-12-10-8-6-2/h13-16H,5-12,17-32H2,1-4H3/b15-13-,16-14-. The number of carbonyl (C=O) groups is 4. The minimum Gasteiger partial charge on any atom is -0.465 e. The molecule has 276 valence electrons. The number of rotatable bonds is 28. The van der Waals surface area contributed by atoms with E-state index in [0.717, 1.165) is 12.8 Å². The minimum absolute atomic E-state index is 0.0248. The minimum atomic E-state index is -0.830. The van der Waals surface area contributed by atoms with E-state index in [1.165, 1.54) is 38.5 Å². The normalized spacial score (nSPS) is 15.4. The third-order valence-corrected chi connectivity index (χ3v) is 7.93. The molecule has 1 aliphatic heterocycles. The molecule has 1 rings (SSSR count). The Morgan fingerprint density at radius 3 is 1.25 bits per heavy atom.